The van der Waals surface area contributed by atoms with Crippen LogP contribution in [0.3, 0.4) is 0 Å². The SMILES string of the molecule is Clc1c(Cl)c(Cl)c(Oc2ncncn2)c(Cl)c1Cl. The fourth-order valence-corrected chi connectivity index (χ4v) is 2.25. The zero-order valence-corrected chi connectivity index (χ0v) is 12.1. The van der Waals surface area contributed by atoms with Crippen molar-refractivity contribution in [2.45, 2.75) is 0 Å². The highest BCUT2D eigenvalue weighted by Gasteiger charge is 2.21. The lowest BCUT2D eigenvalue weighted by Gasteiger charge is -2.11. The molecular weight excluding hydrogens is 343 g/mol. The number of aromatic nitrogens is 3. The lowest BCUT2D eigenvalue weighted by molar-refractivity contribution is 0.439. The largest absolute Gasteiger partial charge is 0.421 e. The van der Waals surface area contributed by atoms with Crippen LogP contribution < -0.4 is 4.74 Å². The van der Waals surface area contributed by atoms with E-state index in [1.165, 1.54) is 12.7 Å². The maximum absolute atomic E-state index is 5.97. The van der Waals surface area contributed by atoms with Crippen LogP contribution in [0.5, 0.6) is 11.8 Å². The van der Waals surface area contributed by atoms with E-state index in [1.807, 2.05) is 0 Å². The molecule has 0 N–H and O–H groups in total. The van der Waals surface area contributed by atoms with Gasteiger partial charge in [0, 0.05) is 0 Å². The van der Waals surface area contributed by atoms with E-state index in [0.717, 1.165) is 0 Å². The molecule has 0 atom stereocenters. The number of benzene rings is 1. The Hall–Kier alpha value is -0.520. The number of ether oxygens (including phenoxy) is 1. The van der Waals surface area contributed by atoms with Crippen molar-refractivity contribution < 1.29 is 4.74 Å². The van der Waals surface area contributed by atoms with E-state index in [1.54, 1.807) is 0 Å². The second-order valence-electron chi connectivity index (χ2n) is 2.92. The first kappa shape index (κ1) is 13.9. The molecule has 0 spiro atoms. The van der Waals surface area contributed by atoms with Gasteiger partial charge in [0.1, 0.15) is 22.7 Å². The summed E-state index contributed by atoms with van der Waals surface area (Å²) in [4.78, 5) is 11.2. The molecule has 0 aliphatic heterocycles. The predicted molar refractivity (Wildman–Crippen MR) is 71.4 cm³/mol. The second kappa shape index (κ2) is 5.63. The molecule has 1 heterocycles. The highest BCUT2D eigenvalue weighted by Crippen LogP contribution is 2.48. The zero-order chi connectivity index (χ0) is 13.3. The molecule has 0 saturated carbocycles. The van der Waals surface area contributed by atoms with Gasteiger partial charge in [-0.1, -0.05) is 58.0 Å². The Kier molecular flexibility index (Phi) is 4.35. The second-order valence-corrected chi connectivity index (χ2v) is 4.81. The van der Waals surface area contributed by atoms with Gasteiger partial charge >= 0.3 is 6.01 Å². The lowest BCUT2D eigenvalue weighted by Crippen LogP contribution is -1.94. The summed E-state index contributed by atoms with van der Waals surface area (Å²) in [6, 6.07) is 0.00301. The van der Waals surface area contributed by atoms with Gasteiger partial charge in [-0.05, 0) is 0 Å². The summed E-state index contributed by atoms with van der Waals surface area (Å²) in [5.74, 6) is 0.0314. The third-order valence-corrected chi connectivity index (χ3v) is 4.07. The van der Waals surface area contributed by atoms with E-state index in [9.17, 15) is 0 Å². The first-order valence-corrected chi connectivity index (χ1v) is 6.22. The van der Waals surface area contributed by atoms with Crippen molar-refractivity contribution in [3.8, 4) is 11.8 Å². The highest BCUT2D eigenvalue weighted by atomic mass is 35.5. The van der Waals surface area contributed by atoms with Crippen LogP contribution in [-0.2, 0) is 0 Å². The molecule has 0 aliphatic carbocycles. The maximum Gasteiger partial charge on any atom is 0.325 e. The Bertz CT molecular complexity index is 563. The minimum absolute atomic E-state index is 0.00301. The van der Waals surface area contributed by atoms with E-state index in [0.29, 0.717) is 0 Å². The molecule has 4 nitrogen and oxygen atoms in total. The predicted octanol–water partition coefficient (Wildman–Crippen LogP) is 4.93. The molecule has 0 aliphatic rings. The third kappa shape index (κ3) is 2.58. The van der Waals surface area contributed by atoms with Crippen molar-refractivity contribution in [2.24, 2.45) is 0 Å². The molecule has 94 valence electrons. The molecule has 0 unspecified atom stereocenters. The van der Waals surface area contributed by atoms with Crippen LogP contribution in [-0.4, -0.2) is 15.0 Å². The monoisotopic (exact) mass is 343 g/mol. The first-order chi connectivity index (χ1) is 8.52. The lowest BCUT2D eigenvalue weighted by atomic mass is 10.3. The Labute approximate surface area is 127 Å². The summed E-state index contributed by atoms with van der Waals surface area (Å²) in [5, 5.41) is 0.179. The third-order valence-electron chi connectivity index (χ3n) is 1.83. The van der Waals surface area contributed by atoms with E-state index >= 15 is 0 Å². The maximum atomic E-state index is 5.97. The molecule has 2 rings (SSSR count). The molecule has 1 aromatic carbocycles. The highest BCUT2D eigenvalue weighted by molar-refractivity contribution is 6.55. The van der Waals surface area contributed by atoms with Crippen LogP contribution in [0.25, 0.3) is 0 Å². The van der Waals surface area contributed by atoms with Gasteiger partial charge in [-0.15, -0.1) is 0 Å². The van der Waals surface area contributed by atoms with Gasteiger partial charge < -0.3 is 4.74 Å². The molecule has 0 radical (unpaired) electrons. The van der Waals surface area contributed by atoms with Gasteiger partial charge in [0.05, 0.1) is 15.1 Å². The summed E-state index contributed by atoms with van der Waals surface area (Å²) in [6.07, 6.45) is 2.51. The molecular formula is C9H2Cl5N3O. The van der Waals surface area contributed by atoms with Gasteiger partial charge in [0.25, 0.3) is 0 Å². The molecule has 2 aromatic rings. The molecule has 0 saturated heterocycles. The van der Waals surface area contributed by atoms with Crippen molar-refractivity contribution in [2.75, 3.05) is 0 Å². The molecule has 1 aromatic heterocycles. The topological polar surface area (TPSA) is 47.9 Å². The Morgan fingerprint density at radius 3 is 1.67 bits per heavy atom. The van der Waals surface area contributed by atoms with E-state index in [-0.39, 0.29) is 36.9 Å². The van der Waals surface area contributed by atoms with Crippen LogP contribution in [0.1, 0.15) is 0 Å². The average molecular weight is 345 g/mol. The standard InChI is InChI=1S/C9H2Cl5N3O/c10-3-4(11)6(13)8(7(14)5(3)12)18-9-16-1-15-2-17-9/h1-2H. The van der Waals surface area contributed by atoms with Crippen LogP contribution in [0.15, 0.2) is 12.7 Å². The number of halogens is 5. The van der Waals surface area contributed by atoms with Gasteiger partial charge in [0.15, 0.2) is 5.75 Å². The van der Waals surface area contributed by atoms with Gasteiger partial charge in [-0.3, -0.25) is 0 Å². The van der Waals surface area contributed by atoms with Gasteiger partial charge in [-0.2, -0.15) is 9.97 Å². The van der Waals surface area contributed by atoms with E-state index in [4.69, 9.17) is 62.7 Å². The van der Waals surface area contributed by atoms with E-state index in [2.05, 4.69) is 15.0 Å². The van der Waals surface area contributed by atoms with Crippen molar-refractivity contribution in [3.05, 3.63) is 37.8 Å². The number of rotatable bonds is 2. The fourth-order valence-electron chi connectivity index (χ4n) is 1.05. The summed E-state index contributed by atoms with van der Waals surface area (Å²) < 4.78 is 5.30. The zero-order valence-electron chi connectivity index (χ0n) is 8.29. The summed E-state index contributed by atoms with van der Waals surface area (Å²) >= 11 is 29.5. The molecule has 9 heteroatoms. The van der Waals surface area contributed by atoms with Crippen molar-refractivity contribution in [3.63, 3.8) is 0 Å². The summed E-state index contributed by atoms with van der Waals surface area (Å²) in [5.41, 5.74) is 0. The molecule has 18 heavy (non-hydrogen) atoms. The molecule has 0 amide bonds. The number of hydrogen-bond donors (Lipinski definition) is 0. The first-order valence-electron chi connectivity index (χ1n) is 4.33. The van der Waals surface area contributed by atoms with Crippen LogP contribution in [0.2, 0.25) is 25.1 Å². The van der Waals surface area contributed by atoms with Crippen LogP contribution in [0, 0.1) is 0 Å². The molecule has 0 fully saturated rings. The Morgan fingerprint density at radius 2 is 1.17 bits per heavy atom. The van der Waals surface area contributed by atoms with Gasteiger partial charge in [-0.25, -0.2) is 4.98 Å². The Morgan fingerprint density at radius 1 is 0.722 bits per heavy atom. The van der Waals surface area contributed by atoms with Crippen molar-refractivity contribution >= 4 is 58.0 Å². The summed E-state index contributed by atoms with van der Waals surface area (Å²) in [6.45, 7) is 0. The van der Waals surface area contributed by atoms with Gasteiger partial charge in [0.2, 0.25) is 0 Å². The van der Waals surface area contributed by atoms with Crippen LogP contribution in [0.4, 0.5) is 0 Å². The van der Waals surface area contributed by atoms with E-state index < -0.39 is 0 Å². The quantitative estimate of drug-likeness (QED) is 0.572. The fraction of sp³-hybridized carbons (Fsp3) is 0. The number of nitrogens with zero attached hydrogens (tertiary/aromatic N) is 3. The Balaban J connectivity index is 2.52. The average Bonchev–Trinajstić information content (AvgIpc) is 2.40. The minimum atomic E-state index is 0.00301. The van der Waals surface area contributed by atoms with Crippen molar-refractivity contribution in [1.29, 1.82) is 0 Å². The number of hydrogen-bond acceptors (Lipinski definition) is 4. The van der Waals surface area contributed by atoms with Crippen LogP contribution >= 0.6 is 58.0 Å². The van der Waals surface area contributed by atoms with Crippen molar-refractivity contribution in [1.82, 2.24) is 15.0 Å². The normalized spacial score (nSPS) is 10.5. The smallest absolute Gasteiger partial charge is 0.325 e. The minimum Gasteiger partial charge on any atom is -0.421 e. The molecule has 0 bridgehead atoms. The summed E-state index contributed by atoms with van der Waals surface area (Å²) in [7, 11) is 0.